The van der Waals surface area contributed by atoms with E-state index in [0.29, 0.717) is 33.5 Å². The monoisotopic (exact) mass is 761 g/mol. The number of benzene rings is 5. The van der Waals surface area contributed by atoms with Crippen molar-refractivity contribution in [2.45, 2.75) is 35.7 Å². The fraction of sp³-hybridized carbons (Fsp3) is 0.200. The lowest BCUT2D eigenvalue weighted by Gasteiger charge is -2.46. The lowest BCUT2D eigenvalue weighted by atomic mass is 9.65. The minimum Gasteiger partial charge on any atom is -0.508 e. The first-order chi connectivity index (χ1) is 27.7. The van der Waals surface area contributed by atoms with Crippen LogP contribution in [0.3, 0.4) is 0 Å². The smallest absolute Gasteiger partial charge is 0.324 e. The number of aliphatic hydroxyl groups is 1. The Labute approximate surface area is 328 Å². The summed E-state index contributed by atoms with van der Waals surface area (Å²) < 4.78 is 6.42. The molecule has 0 aliphatic carbocycles. The first-order valence-electron chi connectivity index (χ1n) is 18.5. The number of hydrogen-bond acceptors (Lipinski definition) is 8. The molecule has 7 atom stereocenters. The molecule has 12 nitrogen and oxygen atoms in total. The SMILES string of the molecule is NC(=O)NCC#Cc1ccc2c(c1)[C@]1(C(=O)N2)[C@H](c2ccc(O)cc2)N2[C@H](c3ccccc3)[C@H](c3ccccc3)OC(=O)[C@H]2[C@@H]1C(=O)NC[C@H](O)c1ccccc1. The van der Waals surface area contributed by atoms with Crippen LogP contribution in [0.15, 0.2) is 133 Å². The number of primary amides is 1. The van der Waals surface area contributed by atoms with Crippen LogP contribution in [-0.4, -0.2) is 58.1 Å². The Bertz CT molecular complexity index is 2380. The summed E-state index contributed by atoms with van der Waals surface area (Å²) in [5.41, 5.74) is 7.41. The Kier molecular flexibility index (Phi) is 9.93. The standard InChI is InChI=1S/C45H39N5O7/c46-44(56)47-24-10-11-27-18-23-34-33(25-27)45(43(55)49-34)36(41(53)48-26-35(52)28-12-4-1-5-13-28)38-42(54)57-39(30-16-8-3-9-17-30)37(29-14-6-2-7-15-29)50(38)40(45)31-19-21-32(51)22-20-31/h1-9,12-23,25,35-40,51-52H,24,26H2,(H,48,53)(H,49,55)(H3,46,47,56)/t35-,36+,37+,38+,39-,40-,45+/m0/s1. The Morgan fingerprint density at radius 2 is 1.47 bits per heavy atom. The second kappa shape index (κ2) is 15.3. The van der Waals surface area contributed by atoms with Crippen molar-refractivity contribution in [3.63, 3.8) is 0 Å². The highest BCUT2D eigenvalue weighted by Gasteiger charge is 2.74. The maximum absolute atomic E-state index is 15.2. The summed E-state index contributed by atoms with van der Waals surface area (Å²) in [7, 11) is 0. The van der Waals surface area contributed by atoms with Gasteiger partial charge < -0.3 is 36.6 Å². The lowest BCUT2D eigenvalue weighted by molar-refractivity contribution is -0.178. The molecule has 8 rings (SSSR count). The van der Waals surface area contributed by atoms with E-state index in [0.717, 1.165) is 5.56 Å². The Morgan fingerprint density at radius 3 is 2.14 bits per heavy atom. The molecule has 12 heteroatoms. The van der Waals surface area contributed by atoms with Crippen molar-refractivity contribution in [1.29, 1.82) is 0 Å². The van der Waals surface area contributed by atoms with Crippen molar-refractivity contribution in [2.24, 2.45) is 11.7 Å². The van der Waals surface area contributed by atoms with E-state index in [9.17, 15) is 19.8 Å². The number of anilines is 1. The fourth-order valence-electron chi connectivity index (χ4n) is 8.71. The minimum absolute atomic E-state index is 0.00947. The van der Waals surface area contributed by atoms with Crippen molar-refractivity contribution in [1.82, 2.24) is 15.5 Å². The Balaban J connectivity index is 1.36. The van der Waals surface area contributed by atoms with Gasteiger partial charge in [-0.1, -0.05) is 115 Å². The molecule has 4 amide bonds. The first-order valence-corrected chi connectivity index (χ1v) is 18.5. The van der Waals surface area contributed by atoms with Crippen LogP contribution in [0.1, 0.15) is 57.7 Å². The van der Waals surface area contributed by atoms with Gasteiger partial charge in [-0.2, -0.15) is 0 Å². The third-order valence-electron chi connectivity index (χ3n) is 11.0. The van der Waals surface area contributed by atoms with E-state index >= 15 is 9.59 Å². The van der Waals surface area contributed by atoms with Crippen molar-refractivity contribution >= 4 is 29.5 Å². The number of urea groups is 1. The molecular weight excluding hydrogens is 723 g/mol. The zero-order chi connectivity index (χ0) is 39.7. The summed E-state index contributed by atoms with van der Waals surface area (Å²) in [6, 6.07) is 35.5. The number of amides is 4. The molecule has 0 aromatic heterocycles. The molecule has 3 aliphatic rings. The summed E-state index contributed by atoms with van der Waals surface area (Å²) in [4.78, 5) is 58.5. The number of fused-ring (bicyclic) bond motifs is 3. The van der Waals surface area contributed by atoms with Gasteiger partial charge in [-0.25, -0.2) is 4.79 Å². The zero-order valence-corrected chi connectivity index (χ0v) is 30.5. The van der Waals surface area contributed by atoms with Crippen LogP contribution in [-0.2, 0) is 24.5 Å². The normalized spacial score (nSPS) is 23.9. The molecule has 0 saturated carbocycles. The number of carbonyl (C=O) groups is 4. The van der Waals surface area contributed by atoms with Gasteiger partial charge in [0, 0.05) is 17.8 Å². The molecule has 7 N–H and O–H groups in total. The number of esters is 1. The van der Waals surface area contributed by atoms with E-state index in [1.54, 1.807) is 54.6 Å². The van der Waals surface area contributed by atoms with Crippen molar-refractivity contribution < 1.29 is 34.1 Å². The second-order valence-electron chi connectivity index (χ2n) is 14.3. The van der Waals surface area contributed by atoms with E-state index in [1.807, 2.05) is 71.6 Å². The quantitative estimate of drug-likeness (QED) is 0.0985. The highest BCUT2D eigenvalue weighted by Crippen LogP contribution is 2.64. The number of nitrogens with two attached hydrogens (primary N) is 1. The van der Waals surface area contributed by atoms with Crippen molar-refractivity contribution in [2.75, 3.05) is 18.4 Å². The summed E-state index contributed by atoms with van der Waals surface area (Å²) in [6.45, 7) is -0.232. The van der Waals surface area contributed by atoms with E-state index in [1.165, 1.54) is 12.1 Å². The second-order valence-corrected chi connectivity index (χ2v) is 14.3. The van der Waals surface area contributed by atoms with E-state index < -0.39 is 65.5 Å². The van der Waals surface area contributed by atoms with Crippen molar-refractivity contribution in [3.05, 3.63) is 167 Å². The molecule has 0 unspecified atom stereocenters. The Hall–Kier alpha value is -6.94. The average molecular weight is 762 g/mol. The highest BCUT2D eigenvalue weighted by molar-refractivity contribution is 6.12. The number of phenols is 1. The van der Waals surface area contributed by atoms with Crippen LogP contribution in [0.2, 0.25) is 0 Å². The van der Waals surface area contributed by atoms with Gasteiger partial charge in [-0.15, -0.1) is 0 Å². The topological polar surface area (TPSA) is 183 Å². The highest BCUT2D eigenvalue weighted by atomic mass is 16.6. The van der Waals surface area contributed by atoms with Crippen LogP contribution < -0.4 is 21.7 Å². The summed E-state index contributed by atoms with van der Waals surface area (Å²) in [5, 5.41) is 30.0. The molecule has 286 valence electrons. The molecule has 3 aliphatic heterocycles. The first kappa shape index (κ1) is 37.0. The maximum Gasteiger partial charge on any atom is 0.324 e. The molecule has 1 spiro atoms. The molecule has 3 heterocycles. The Morgan fingerprint density at radius 1 is 0.825 bits per heavy atom. The zero-order valence-electron chi connectivity index (χ0n) is 30.5. The number of nitrogens with one attached hydrogen (secondary N) is 3. The van der Waals surface area contributed by atoms with Crippen LogP contribution in [0.5, 0.6) is 5.75 Å². The summed E-state index contributed by atoms with van der Waals surface area (Å²) in [6.07, 6.45) is -1.94. The van der Waals surface area contributed by atoms with Crippen LogP contribution in [0.25, 0.3) is 0 Å². The van der Waals surface area contributed by atoms with Gasteiger partial charge in [0.05, 0.1) is 30.7 Å². The average Bonchev–Trinajstić information content (AvgIpc) is 3.71. The molecule has 2 saturated heterocycles. The molecule has 5 aromatic carbocycles. The van der Waals surface area contributed by atoms with Crippen LogP contribution >= 0.6 is 0 Å². The number of aromatic hydroxyl groups is 1. The number of aliphatic hydroxyl groups excluding tert-OH is 1. The number of ether oxygens (including phenoxy) is 1. The minimum atomic E-state index is -1.79. The van der Waals surface area contributed by atoms with E-state index in [4.69, 9.17) is 10.5 Å². The van der Waals surface area contributed by atoms with Gasteiger partial charge in [-0.05, 0) is 58.1 Å². The molecule has 5 aromatic rings. The molecular formula is C45H39N5O7. The van der Waals surface area contributed by atoms with Gasteiger partial charge in [-0.3, -0.25) is 19.3 Å². The van der Waals surface area contributed by atoms with Gasteiger partial charge in [0.2, 0.25) is 11.8 Å². The van der Waals surface area contributed by atoms with Crippen LogP contribution in [0.4, 0.5) is 10.5 Å². The predicted molar refractivity (Wildman–Crippen MR) is 210 cm³/mol. The third-order valence-corrected chi connectivity index (χ3v) is 11.0. The molecule has 57 heavy (non-hydrogen) atoms. The number of rotatable bonds is 8. The van der Waals surface area contributed by atoms with Crippen molar-refractivity contribution in [3.8, 4) is 17.6 Å². The summed E-state index contributed by atoms with van der Waals surface area (Å²) in [5.74, 6) is 2.60. The predicted octanol–water partition coefficient (Wildman–Crippen LogP) is 4.53. The molecule has 2 fully saturated rings. The number of hydrogen-bond donors (Lipinski definition) is 6. The maximum atomic E-state index is 15.2. The third kappa shape index (κ3) is 6.63. The van der Waals surface area contributed by atoms with Crippen LogP contribution in [0, 0.1) is 17.8 Å². The lowest BCUT2D eigenvalue weighted by Crippen LogP contribution is -2.55. The molecule has 0 bridgehead atoms. The largest absolute Gasteiger partial charge is 0.508 e. The summed E-state index contributed by atoms with van der Waals surface area (Å²) >= 11 is 0. The van der Waals surface area contributed by atoms with Gasteiger partial charge in [0.25, 0.3) is 0 Å². The molecule has 0 radical (unpaired) electrons. The number of nitrogens with zero attached hydrogens (tertiary/aromatic N) is 1. The van der Waals surface area contributed by atoms with Gasteiger partial charge in [0.15, 0.2) is 0 Å². The number of morpholine rings is 1. The fourth-order valence-corrected chi connectivity index (χ4v) is 8.71. The number of phenolic OH excluding ortho intramolecular Hbond substituents is 1. The van der Waals surface area contributed by atoms with Gasteiger partial charge in [0.1, 0.15) is 23.3 Å². The number of cyclic esters (lactones) is 1. The van der Waals surface area contributed by atoms with E-state index in [-0.39, 0.29) is 18.8 Å². The van der Waals surface area contributed by atoms with E-state index in [2.05, 4.69) is 27.8 Å². The number of carbonyl (C=O) groups excluding carboxylic acids is 4. The van der Waals surface area contributed by atoms with Gasteiger partial charge >= 0.3 is 12.0 Å².